The molecule has 0 aliphatic heterocycles. The Hall–Kier alpha value is -1.42. The normalized spacial score (nSPS) is 9.62. The van der Waals surface area contributed by atoms with Crippen LogP contribution in [0.3, 0.4) is 0 Å². The monoisotopic (exact) mass is 225 g/mol. The van der Waals surface area contributed by atoms with Crippen molar-refractivity contribution in [3.63, 3.8) is 0 Å². The van der Waals surface area contributed by atoms with E-state index in [0.717, 1.165) is 23.8 Å². The maximum atomic E-state index is 11.6. The van der Waals surface area contributed by atoms with Crippen LogP contribution in [-0.4, -0.2) is 30.1 Å². The zero-order valence-electron chi connectivity index (χ0n) is 9.99. The fourth-order valence-corrected chi connectivity index (χ4v) is 0.965. The number of hydrogen-bond acceptors (Lipinski definition) is 3. The van der Waals surface area contributed by atoms with Crippen LogP contribution in [0.2, 0.25) is 0 Å². The van der Waals surface area contributed by atoms with Crippen LogP contribution in [0.15, 0.2) is 24.8 Å². The highest BCUT2D eigenvalue weighted by Gasteiger charge is 2.19. The fourth-order valence-electron chi connectivity index (χ4n) is 0.965. The van der Waals surface area contributed by atoms with Gasteiger partial charge in [-0.1, -0.05) is 26.5 Å². The predicted octanol–water partition coefficient (Wildman–Crippen LogP) is 1.88. The third kappa shape index (κ3) is 4.89. The van der Waals surface area contributed by atoms with E-state index in [4.69, 9.17) is 4.74 Å². The number of amides is 2. The van der Waals surface area contributed by atoms with Crippen LogP contribution in [0, 0.1) is 0 Å². The third-order valence-corrected chi connectivity index (χ3v) is 1.91. The van der Waals surface area contributed by atoms with Crippen LogP contribution in [0.1, 0.15) is 26.7 Å². The SMILES string of the molecule is C=CC(=O)N(COCCCC)C(=O)C(=C)C. The molecule has 4 nitrogen and oxygen atoms in total. The van der Waals surface area contributed by atoms with Gasteiger partial charge in [0, 0.05) is 12.2 Å². The maximum absolute atomic E-state index is 11.6. The quantitative estimate of drug-likeness (QED) is 0.377. The second-order valence-corrected chi connectivity index (χ2v) is 3.45. The van der Waals surface area contributed by atoms with Gasteiger partial charge in [-0.15, -0.1) is 0 Å². The molecule has 0 atom stereocenters. The Morgan fingerprint density at radius 2 is 2.06 bits per heavy atom. The maximum Gasteiger partial charge on any atom is 0.257 e. The van der Waals surface area contributed by atoms with E-state index in [1.165, 1.54) is 0 Å². The zero-order valence-corrected chi connectivity index (χ0v) is 9.99. The molecule has 0 aromatic heterocycles. The number of carbonyl (C=O) groups excluding carboxylic acids is 2. The van der Waals surface area contributed by atoms with Gasteiger partial charge in [-0.2, -0.15) is 0 Å². The van der Waals surface area contributed by atoms with Crippen molar-refractivity contribution in [2.24, 2.45) is 0 Å². The number of hydrogen-bond donors (Lipinski definition) is 0. The van der Waals surface area contributed by atoms with E-state index >= 15 is 0 Å². The first kappa shape index (κ1) is 14.6. The van der Waals surface area contributed by atoms with Crippen molar-refractivity contribution >= 4 is 11.8 Å². The molecule has 0 radical (unpaired) electrons. The first-order valence-electron chi connectivity index (χ1n) is 5.26. The molecule has 0 unspecified atom stereocenters. The highest BCUT2D eigenvalue weighted by atomic mass is 16.5. The summed E-state index contributed by atoms with van der Waals surface area (Å²) in [5.74, 6) is -0.897. The van der Waals surface area contributed by atoms with Gasteiger partial charge in [-0.25, -0.2) is 0 Å². The molecule has 16 heavy (non-hydrogen) atoms. The lowest BCUT2D eigenvalue weighted by molar-refractivity contribution is -0.145. The summed E-state index contributed by atoms with van der Waals surface area (Å²) >= 11 is 0. The van der Waals surface area contributed by atoms with Gasteiger partial charge in [-0.05, 0) is 19.4 Å². The molecule has 2 amide bonds. The van der Waals surface area contributed by atoms with Gasteiger partial charge >= 0.3 is 0 Å². The second kappa shape index (κ2) is 7.82. The molecule has 90 valence electrons. The number of nitrogens with zero attached hydrogens (tertiary/aromatic N) is 1. The van der Waals surface area contributed by atoms with E-state index in [-0.39, 0.29) is 6.73 Å². The summed E-state index contributed by atoms with van der Waals surface area (Å²) in [5.41, 5.74) is 0.300. The summed E-state index contributed by atoms with van der Waals surface area (Å²) in [6.07, 6.45) is 2.99. The number of unbranched alkanes of at least 4 members (excludes halogenated alkanes) is 1. The van der Waals surface area contributed by atoms with Crippen molar-refractivity contribution < 1.29 is 14.3 Å². The topological polar surface area (TPSA) is 46.6 Å². The van der Waals surface area contributed by atoms with Crippen LogP contribution in [0.5, 0.6) is 0 Å². The molecule has 0 aliphatic rings. The lowest BCUT2D eigenvalue weighted by Crippen LogP contribution is -2.38. The van der Waals surface area contributed by atoms with E-state index in [9.17, 15) is 9.59 Å². The van der Waals surface area contributed by atoms with E-state index in [1.54, 1.807) is 6.92 Å². The number of ether oxygens (including phenoxy) is 1. The Morgan fingerprint density at radius 1 is 1.44 bits per heavy atom. The second-order valence-electron chi connectivity index (χ2n) is 3.45. The minimum Gasteiger partial charge on any atom is -0.361 e. The molecule has 0 heterocycles. The largest absolute Gasteiger partial charge is 0.361 e. The van der Waals surface area contributed by atoms with Crippen molar-refractivity contribution in [3.05, 3.63) is 24.8 Å². The fraction of sp³-hybridized carbons (Fsp3) is 0.500. The molecule has 0 spiro atoms. The van der Waals surface area contributed by atoms with E-state index in [2.05, 4.69) is 13.2 Å². The van der Waals surface area contributed by atoms with E-state index in [0.29, 0.717) is 12.2 Å². The summed E-state index contributed by atoms with van der Waals surface area (Å²) in [5, 5.41) is 0. The van der Waals surface area contributed by atoms with Crippen LogP contribution in [-0.2, 0) is 14.3 Å². The van der Waals surface area contributed by atoms with Crippen molar-refractivity contribution in [2.45, 2.75) is 26.7 Å². The summed E-state index contributed by atoms with van der Waals surface area (Å²) < 4.78 is 5.23. The van der Waals surface area contributed by atoms with Gasteiger partial charge in [0.1, 0.15) is 6.73 Å². The average molecular weight is 225 g/mol. The van der Waals surface area contributed by atoms with Gasteiger partial charge in [0.2, 0.25) is 0 Å². The molecule has 0 aliphatic carbocycles. The molecule has 0 saturated carbocycles. The van der Waals surface area contributed by atoms with Gasteiger partial charge in [0.05, 0.1) is 0 Å². The van der Waals surface area contributed by atoms with Crippen LogP contribution < -0.4 is 0 Å². The molecule has 0 N–H and O–H groups in total. The summed E-state index contributed by atoms with van der Waals surface area (Å²) in [6.45, 7) is 10.9. The smallest absolute Gasteiger partial charge is 0.257 e. The number of imide groups is 1. The van der Waals surface area contributed by atoms with Crippen molar-refractivity contribution in [3.8, 4) is 0 Å². The Kier molecular flexibility index (Phi) is 7.12. The lowest BCUT2D eigenvalue weighted by Gasteiger charge is -2.19. The molecule has 4 heteroatoms. The summed E-state index contributed by atoms with van der Waals surface area (Å²) in [7, 11) is 0. The predicted molar refractivity (Wildman–Crippen MR) is 62.6 cm³/mol. The minimum atomic E-state index is -0.468. The number of carbonyl (C=O) groups is 2. The standard InChI is InChI=1S/C12H19NO3/c1-5-7-8-16-9-13(11(14)6-2)12(15)10(3)4/h6H,2-3,5,7-9H2,1,4H3. The van der Waals surface area contributed by atoms with Gasteiger partial charge < -0.3 is 4.74 Å². The molecule has 0 aromatic rings. The highest BCUT2D eigenvalue weighted by molar-refractivity contribution is 6.06. The number of rotatable bonds is 7. The van der Waals surface area contributed by atoms with Gasteiger partial charge in [0.25, 0.3) is 11.8 Å². The van der Waals surface area contributed by atoms with Crippen molar-refractivity contribution in [1.29, 1.82) is 0 Å². The average Bonchev–Trinajstić information content (AvgIpc) is 2.27. The first-order valence-corrected chi connectivity index (χ1v) is 5.26. The summed E-state index contributed by atoms with van der Waals surface area (Å²) in [4.78, 5) is 24.0. The van der Waals surface area contributed by atoms with Gasteiger partial charge in [-0.3, -0.25) is 14.5 Å². The van der Waals surface area contributed by atoms with Crippen LogP contribution >= 0.6 is 0 Å². The van der Waals surface area contributed by atoms with Crippen LogP contribution in [0.25, 0.3) is 0 Å². The molecule has 0 fully saturated rings. The highest BCUT2D eigenvalue weighted by Crippen LogP contribution is 2.01. The van der Waals surface area contributed by atoms with Crippen LogP contribution in [0.4, 0.5) is 0 Å². The third-order valence-electron chi connectivity index (χ3n) is 1.91. The molecule has 0 saturated heterocycles. The Bertz CT molecular complexity index is 284. The molecule has 0 rings (SSSR count). The van der Waals surface area contributed by atoms with Gasteiger partial charge in [0.15, 0.2) is 0 Å². The Morgan fingerprint density at radius 3 is 2.50 bits per heavy atom. The van der Waals surface area contributed by atoms with Crippen molar-refractivity contribution in [1.82, 2.24) is 4.90 Å². The lowest BCUT2D eigenvalue weighted by atomic mass is 10.3. The Labute approximate surface area is 96.6 Å². The molecular formula is C12H19NO3. The van der Waals surface area contributed by atoms with Crippen molar-refractivity contribution in [2.75, 3.05) is 13.3 Å². The zero-order chi connectivity index (χ0) is 12.6. The van der Waals surface area contributed by atoms with E-state index < -0.39 is 11.8 Å². The minimum absolute atomic E-state index is 0.0451. The Balaban J connectivity index is 4.33. The molecular weight excluding hydrogens is 206 g/mol. The summed E-state index contributed by atoms with van der Waals surface area (Å²) in [6, 6.07) is 0. The molecule has 0 bridgehead atoms. The molecule has 0 aromatic carbocycles. The first-order chi connectivity index (χ1) is 7.54. The van der Waals surface area contributed by atoms with E-state index in [1.807, 2.05) is 6.92 Å².